The Morgan fingerprint density at radius 2 is 1.54 bits per heavy atom. The number of thiazole rings is 1. The van der Waals surface area contributed by atoms with Crippen molar-refractivity contribution in [3.8, 4) is 16.9 Å². The van der Waals surface area contributed by atoms with Crippen molar-refractivity contribution in [1.29, 1.82) is 0 Å². The van der Waals surface area contributed by atoms with Crippen molar-refractivity contribution in [1.82, 2.24) is 15.0 Å². The Labute approximate surface area is 367 Å². The van der Waals surface area contributed by atoms with E-state index in [1.54, 1.807) is 119 Å². The SMILES string of the molecule is C[n+]1cc(-c2ccc(OCC(ON=C(C(=O)O)c3csc(NC(=O)OC(C)(C)C)n3)C(=O)OC(c3ccccc3)c3ccccc3)cc2F)cn1CC(O)CNC(=O)OC(C)(C)C. The van der Waals surface area contributed by atoms with Gasteiger partial charge in [0.2, 0.25) is 11.9 Å². The van der Waals surface area contributed by atoms with E-state index in [-0.39, 0.29) is 35.2 Å². The number of aryl methyl sites for hydroxylation is 1. The number of aliphatic hydroxyl groups excluding tert-OH is 1. The van der Waals surface area contributed by atoms with Crippen molar-refractivity contribution < 1.29 is 62.2 Å². The molecule has 334 valence electrons. The Kier molecular flexibility index (Phi) is 15.6. The Morgan fingerprint density at radius 3 is 2.13 bits per heavy atom. The number of hydrogen-bond donors (Lipinski definition) is 4. The number of carboxylic acids is 1. The molecule has 0 fully saturated rings. The number of aromatic nitrogens is 3. The van der Waals surface area contributed by atoms with Crippen molar-refractivity contribution in [3.63, 3.8) is 0 Å². The highest BCUT2D eigenvalue weighted by Crippen LogP contribution is 2.29. The number of benzene rings is 3. The predicted octanol–water partition coefficient (Wildman–Crippen LogP) is 6.39. The maximum absolute atomic E-state index is 15.7. The minimum absolute atomic E-state index is 0.00689. The molecule has 63 heavy (non-hydrogen) atoms. The van der Waals surface area contributed by atoms with E-state index in [2.05, 4.69) is 20.8 Å². The van der Waals surface area contributed by atoms with Crippen LogP contribution in [0.2, 0.25) is 0 Å². The molecule has 5 rings (SSSR count). The standard InChI is InChI=1S/C44H49FN6O11S/c1-43(2,3)60-41(56)46-21-30(52)24-51-23-29(22-50(51)7)32-19-18-31(20-33(32)45)58-25-35(39(55)59-37(27-14-10-8-11-15-27)28-16-12-9-13-17-28)62-49-36(38(53)54)34-26-63-40(47-34)48-42(57)61-44(4,5)6/h8-20,22-23,26,30,35,37,52H,21,24-25H2,1-7H3,(H2-,46,47,48,53,54,56,57)/p+1. The zero-order valence-corrected chi connectivity index (χ0v) is 36.6. The summed E-state index contributed by atoms with van der Waals surface area (Å²) in [5, 5.41) is 30.7. The molecule has 2 heterocycles. The fourth-order valence-corrected chi connectivity index (χ4v) is 6.41. The van der Waals surface area contributed by atoms with Gasteiger partial charge < -0.3 is 39.3 Å². The van der Waals surface area contributed by atoms with Crippen molar-refractivity contribution in [3.05, 3.63) is 119 Å². The molecule has 0 aliphatic rings. The number of nitrogens with one attached hydrogen (secondary N) is 2. The first kappa shape index (κ1) is 47.2. The molecule has 0 radical (unpaired) electrons. The molecule has 2 aromatic heterocycles. The van der Waals surface area contributed by atoms with Crippen LogP contribution in [0, 0.1) is 5.82 Å². The molecule has 3 aromatic carbocycles. The third-order valence-corrected chi connectivity index (χ3v) is 9.24. The van der Waals surface area contributed by atoms with Gasteiger partial charge in [-0.05, 0) is 64.8 Å². The minimum Gasteiger partial charge on any atom is -0.489 e. The Bertz CT molecular complexity index is 2350. The summed E-state index contributed by atoms with van der Waals surface area (Å²) in [6.45, 7) is 9.60. The number of hydrogen-bond acceptors (Lipinski definition) is 13. The zero-order chi connectivity index (χ0) is 45.9. The molecule has 17 nitrogen and oxygen atoms in total. The molecule has 4 N–H and O–H groups in total. The monoisotopic (exact) mass is 889 g/mol. The topological polar surface area (TPSA) is 213 Å². The lowest BCUT2D eigenvalue weighted by Gasteiger charge is -2.22. The van der Waals surface area contributed by atoms with Crippen molar-refractivity contribution in [2.24, 2.45) is 12.2 Å². The first-order chi connectivity index (χ1) is 29.7. The van der Waals surface area contributed by atoms with Gasteiger partial charge in [0.1, 0.15) is 41.6 Å². The molecule has 5 aromatic rings. The summed E-state index contributed by atoms with van der Waals surface area (Å²) in [6.07, 6.45) is -1.79. The lowest BCUT2D eigenvalue weighted by atomic mass is 10.0. The molecule has 0 spiro atoms. The highest BCUT2D eigenvalue weighted by atomic mass is 32.1. The van der Waals surface area contributed by atoms with Gasteiger partial charge >= 0.3 is 24.1 Å². The lowest BCUT2D eigenvalue weighted by Crippen LogP contribution is -2.43. The zero-order valence-electron chi connectivity index (χ0n) is 35.7. The molecule has 0 bridgehead atoms. The molecule has 2 amide bonds. The number of anilines is 1. The third-order valence-electron chi connectivity index (χ3n) is 8.48. The van der Waals surface area contributed by atoms with Crippen LogP contribution in [0.1, 0.15) is 64.5 Å². The molecule has 19 heteroatoms. The Balaban J connectivity index is 1.35. The molecule has 0 aliphatic heterocycles. The molecule has 0 aliphatic carbocycles. The maximum atomic E-state index is 15.7. The molecule has 2 atom stereocenters. The number of esters is 1. The summed E-state index contributed by atoms with van der Waals surface area (Å²) < 4.78 is 41.3. The number of aliphatic carboxylic acids is 1. The van der Waals surface area contributed by atoms with E-state index in [1.165, 1.54) is 17.5 Å². The smallest absolute Gasteiger partial charge is 0.413 e. The normalized spacial score (nSPS) is 12.8. The number of aliphatic hydroxyl groups is 1. The number of alkyl carbamates (subject to hydrolysis) is 1. The predicted molar refractivity (Wildman–Crippen MR) is 229 cm³/mol. The van der Waals surface area contributed by atoms with Crippen LogP contribution in [0.3, 0.4) is 0 Å². The average molecular weight is 890 g/mol. The second kappa shape index (κ2) is 20.8. The van der Waals surface area contributed by atoms with Crippen LogP contribution < -0.4 is 20.1 Å². The third kappa shape index (κ3) is 14.4. The van der Waals surface area contributed by atoms with Crippen LogP contribution in [0.15, 0.2) is 102 Å². The number of carbonyl (C=O) groups is 4. The van der Waals surface area contributed by atoms with Crippen LogP contribution in [0.4, 0.5) is 19.1 Å². The number of rotatable bonds is 17. The van der Waals surface area contributed by atoms with E-state index in [4.69, 9.17) is 23.8 Å². The Morgan fingerprint density at radius 1 is 0.921 bits per heavy atom. The number of carboxylic acid groups (broad SMARTS) is 1. The largest absolute Gasteiger partial charge is 0.489 e. The number of amides is 2. The summed E-state index contributed by atoms with van der Waals surface area (Å²) in [4.78, 5) is 60.4. The van der Waals surface area contributed by atoms with Gasteiger partial charge in [0.15, 0.2) is 18.3 Å². The first-order valence-electron chi connectivity index (χ1n) is 19.6. The summed E-state index contributed by atoms with van der Waals surface area (Å²) in [5.41, 5.74) is -0.468. The highest BCUT2D eigenvalue weighted by molar-refractivity contribution is 7.14. The lowest BCUT2D eigenvalue weighted by molar-refractivity contribution is -0.754. The van der Waals surface area contributed by atoms with Gasteiger partial charge in [-0.1, -0.05) is 65.8 Å². The number of halogens is 1. The number of carbonyl (C=O) groups excluding carboxylic acids is 3. The molecular formula is C44H50FN6O11S+. The number of nitrogens with zero attached hydrogens (tertiary/aromatic N) is 4. The van der Waals surface area contributed by atoms with Crippen LogP contribution >= 0.6 is 11.3 Å². The van der Waals surface area contributed by atoms with Gasteiger partial charge in [-0.15, -0.1) is 16.0 Å². The highest BCUT2D eigenvalue weighted by Gasteiger charge is 2.30. The van der Waals surface area contributed by atoms with Gasteiger partial charge in [-0.3, -0.25) is 5.32 Å². The summed E-state index contributed by atoms with van der Waals surface area (Å²) in [6, 6.07) is 21.9. The van der Waals surface area contributed by atoms with E-state index in [0.717, 1.165) is 17.4 Å². The minimum atomic E-state index is -1.70. The molecule has 0 saturated carbocycles. The van der Waals surface area contributed by atoms with E-state index in [9.17, 15) is 29.4 Å². The van der Waals surface area contributed by atoms with E-state index in [1.807, 2.05) is 12.1 Å². The molecule has 0 saturated heterocycles. The number of ether oxygens (including phenoxy) is 4. The summed E-state index contributed by atoms with van der Waals surface area (Å²) >= 11 is 0.904. The second-order valence-electron chi connectivity index (χ2n) is 16.0. The fraction of sp³-hybridized carbons (Fsp3) is 0.341. The van der Waals surface area contributed by atoms with Gasteiger partial charge in [0.05, 0.1) is 17.9 Å². The van der Waals surface area contributed by atoms with E-state index >= 15 is 4.39 Å². The van der Waals surface area contributed by atoms with E-state index in [0.29, 0.717) is 16.7 Å². The van der Waals surface area contributed by atoms with Crippen LogP contribution in [-0.2, 0) is 42.2 Å². The fourth-order valence-electron chi connectivity index (χ4n) is 5.73. The van der Waals surface area contributed by atoms with E-state index < -0.39 is 71.8 Å². The Hall–Kier alpha value is -6.86. The second-order valence-corrected chi connectivity index (χ2v) is 16.9. The average Bonchev–Trinajstić information content (AvgIpc) is 3.81. The van der Waals surface area contributed by atoms with Gasteiger partial charge in [0, 0.05) is 23.6 Å². The van der Waals surface area contributed by atoms with Crippen molar-refractivity contribution >= 4 is 46.3 Å². The number of oxime groups is 1. The molecular weight excluding hydrogens is 840 g/mol. The van der Waals surface area contributed by atoms with Crippen molar-refractivity contribution in [2.45, 2.75) is 77.6 Å². The van der Waals surface area contributed by atoms with Crippen molar-refractivity contribution in [2.75, 3.05) is 18.5 Å². The van der Waals surface area contributed by atoms with Gasteiger partial charge in [0.25, 0.3) is 6.10 Å². The summed E-state index contributed by atoms with van der Waals surface area (Å²) in [7, 11) is 1.71. The quantitative estimate of drug-likeness (QED) is 0.0263. The van der Waals surface area contributed by atoms with Gasteiger partial charge in [-0.25, -0.2) is 28.6 Å². The first-order valence-corrected chi connectivity index (χ1v) is 20.5. The van der Waals surface area contributed by atoms with Crippen LogP contribution in [0.25, 0.3) is 11.1 Å². The van der Waals surface area contributed by atoms with Gasteiger partial charge in [-0.2, -0.15) is 4.68 Å². The van der Waals surface area contributed by atoms with Crippen LogP contribution in [-0.4, -0.2) is 86.3 Å². The summed E-state index contributed by atoms with van der Waals surface area (Å²) in [5.74, 6) is -3.24. The molecule has 2 unspecified atom stereocenters. The maximum Gasteiger partial charge on any atom is 0.413 e. The van der Waals surface area contributed by atoms with Crippen LogP contribution in [0.5, 0.6) is 5.75 Å².